The number of thiazole rings is 1. The lowest BCUT2D eigenvalue weighted by molar-refractivity contribution is -0.274. The molecule has 3 rings (SSSR count). The van der Waals surface area contributed by atoms with Crippen molar-refractivity contribution in [2.75, 3.05) is 18.4 Å². The van der Waals surface area contributed by atoms with Crippen LogP contribution in [0, 0.1) is 6.92 Å². The van der Waals surface area contributed by atoms with Gasteiger partial charge in [0.05, 0.1) is 16.8 Å². The van der Waals surface area contributed by atoms with E-state index < -0.39 is 12.3 Å². The molecule has 0 saturated heterocycles. The Bertz CT molecular complexity index is 1110. The average molecular weight is 452 g/mol. The Balaban J connectivity index is 1.76. The molecule has 0 aliphatic heterocycles. The van der Waals surface area contributed by atoms with E-state index in [0.29, 0.717) is 28.7 Å². The van der Waals surface area contributed by atoms with Crippen molar-refractivity contribution < 1.29 is 27.5 Å². The predicted molar refractivity (Wildman–Crippen MR) is 111 cm³/mol. The third-order valence-corrected chi connectivity index (χ3v) is 5.15. The SMILES string of the molecule is Cc1ccc(C(=O)Nc2nc3ccc(OC(F)(F)F)cc3s2)c(CCNC(=O)CN)c1. The Hall–Kier alpha value is -3.18. The summed E-state index contributed by atoms with van der Waals surface area (Å²) >= 11 is 1.03. The van der Waals surface area contributed by atoms with Gasteiger partial charge in [0, 0.05) is 18.2 Å². The van der Waals surface area contributed by atoms with Crippen molar-refractivity contribution in [2.45, 2.75) is 19.7 Å². The van der Waals surface area contributed by atoms with Gasteiger partial charge in [0.2, 0.25) is 5.91 Å². The van der Waals surface area contributed by atoms with Crippen LogP contribution in [0.25, 0.3) is 10.2 Å². The van der Waals surface area contributed by atoms with Gasteiger partial charge in [-0.05, 0) is 37.1 Å². The minimum atomic E-state index is -4.79. The van der Waals surface area contributed by atoms with E-state index in [1.807, 2.05) is 13.0 Å². The summed E-state index contributed by atoms with van der Waals surface area (Å²) in [5, 5.41) is 5.58. The number of fused-ring (bicyclic) bond motifs is 1. The summed E-state index contributed by atoms with van der Waals surface area (Å²) in [4.78, 5) is 28.4. The van der Waals surface area contributed by atoms with Crippen molar-refractivity contribution in [3.8, 4) is 5.75 Å². The van der Waals surface area contributed by atoms with E-state index >= 15 is 0 Å². The molecule has 2 aromatic carbocycles. The molecule has 0 atom stereocenters. The molecule has 164 valence electrons. The van der Waals surface area contributed by atoms with Crippen LogP contribution in [0.4, 0.5) is 18.3 Å². The summed E-state index contributed by atoms with van der Waals surface area (Å²) in [6, 6.07) is 9.08. The van der Waals surface area contributed by atoms with Gasteiger partial charge in [0.15, 0.2) is 5.13 Å². The van der Waals surface area contributed by atoms with E-state index in [2.05, 4.69) is 20.4 Å². The molecule has 0 aliphatic carbocycles. The van der Waals surface area contributed by atoms with Crippen LogP contribution in [0.15, 0.2) is 36.4 Å². The lowest BCUT2D eigenvalue weighted by Crippen LogP contribution is -2.32. The second-order valence-corrected chi connectivity index (χ2v) is 7.65. The summed E-state index contributed by atoms with van der Waals surface area (Å²) in [6.07, 6.45) is -4.37. The molecule has 0 unspecified atom stereocenters. The van der Waals surface area contributed by atoms with Gasteiger partial charge in [0.1, 0.15) is 5.75 Å². The summed E-state index contributed by atoms with van der Waals surface area (Å²) in [6.45, 7) is 2.09. The number of aromatic nitrogens is 1. The molecular weight excluding hydrogens is 433 g/mol. The molecule has 0 bridgehead atoms. The second kappa shape index (κ2) is 9.31. The zero-order chi connectivity index (χ0) is 22.6. The van der Waals surface area contributed by atoms with Crippen molar-refractivity contribution >= 4 is 38.5 Å². The molecule has 1 heterocycles. The Morgan fingerprint density at radius 1 is 1.19 bits per heavy atom. The second-order valence-electron chi connectivity index (χ2n) is 6.62. The average Bonchev–Trinajstić information content (AvgIpc) is 3.08. The molecule has 3 aromatic rings. The fourth-order valence-electron chi connectivity index (χ4n) is 2.88. The minimum Gasteiger partial charge on any atom is -0.406 e. The molecule has 0 saturated carbocycles. The number of nitrogens with two attached hydrogens (primary N) is 1. The molecule has 0 radical (unpaired) electrons. The third kappa shape index (κ3) is 6.15. The summed E-state index contributed by atoms with van der Waals surface area (Å²) in [5.74, 6) is -1.06. The number of aryl methyl sites for hydroxylation is 1. The Kier molecular flexibility index (Phi) is 6.76. The minimum absolute atomic E-state index is 0.117. The third-order valence-electron chi connectivity index (χ3n) is 4.22. The van der Waals surface area contributed by atoms with Gasteiger partial charge in [0.25, 0.3) is 5.91 Å². The number of halogens is 3. The van der Waals surface area contributed by atoms with Gasteiger partial charge in [-0.1, -0.05) is 29.0 Å². The summed E-state index contributed by atoms with van der Waals surface area (Å²) < 4.78 is 41.6. The van der Waals surface area contributed by atoms with Crippen LogP contribution in [0.5, 0.6) is 5.75 Å². The first-order valence-corrected chi connectivity index (χ1v) is 10.0. The highest BCUT2D eigenvalue weighted by molar-refractivity contribution is 7.22. The molecule has 0 aliphatic rings. The van der Waals surface area contributed by atoms with E-state index in [4.69, 9.17) is 5.73 Å². The fourth-order valence-corrected chi connectivity index (χ4v) is 3.77. The number of ether oxygens (including phenoxy) is 1. The Morgan fingerprint density at radius 2 is 1.97 bits per heavy atom. The number of hydrogen-bond donors (Lipinski definition) is 3. The first-order valence-electron chi connectivity index (χ1n) is 9.18. The van der Waals surface area contributed by atoms with Gasteiger partial charge >= 0.3 is 6.36 Å². The van der Waals surface area contributed by atoms with Crippen molar-refractivity contribution in [3.63, 3.8) is 0 Å². The van der Waals surface area contributed by atoms with Crippen LogP contribution in [-0.2, 0) is 11.2 Å². The molecule has 1 aromatic heterocycles. The molecule has 0 fully saturated rings. The number of hydrogen-bond acceptors (Lipinski definition) is 6. The molecule has 31 heavy (non-hydrogen) atoms. The zero-order valence-electron chi connectivity index (χ0n) is 16.4. The molecule has 4 N–H and O–H groups in total. The maximum absolute atomic E-state index is 12.8. The van der Waals surface area contributed by atoms with Gasteiger partial charge in [-0.25, -0.2) is 4.98 Å². The van der Waals surface area contributed by atoms with E-state index in [1.165, 1.54) is 12.1 Å². The highest BCUT2D eigenvalue weighted by Gasteiger charge is 2.31. The zero-order valence-corrected chi connectivity index (χ0v) is 17.2. The Labute approximate surface area is 179 Å². The van der Waals surface area contributed by atoms with Gasteiger partial charge in [-0.15, -0.1) is 13.2 Å². The van der Waals surface area contributed by atoms with Gasteiger partial charge in [-0.2, -0.15) is 0 Å². The van der Waals surface area contributed by atoms with Crippen molar-refractivity contribution in [1.29, 1.82) is 0 Å². The monoisotopic (exact) mass is 452 g/mol. The number of carbonyl (C=O) groups excluding carboxylic acids is 2. The number of rotatable bonds is 7. The molecule has 7 nitrogen and oxygen atoms in total. The number of amides is 2. The fraction of sp³-hybridized carbons (Fsp3) is 0.250. The highest BCUT2D eigenvalue weighted by Crippen LogP contribution is 2.32. The largest absolute Gasteiger partial charge is 0.573 e. The topological polar surface area (TPSA) is 106 Å². The first-order chi connectivity index (χ1) is 14.6. The van der Waals surface area contributed by atoms with Crippen LogP contribution in [0.2, 0.25) is 0 Å². The number of nitrogens with zero attached hydrogens (tertiary/aromatic N) is 1. The Morgan fingerprint density at radius 3 is 2.68 bits per heavy atom. The predicted octanol–water partition coefficient (Wildman–Crippen LogP) is 3.37. The first kappa shape index (κ1) is 22.5. The lowest BCUT2D eigenvalue weighted by Gasteiger charge is -2.11. The standard InChI is InChI=1S/C20H19F3N4O3S/c1-11-2-4-14(12(8-11)6-7-25-17(28)10-24)18(29)27-19-26-15-5-3-13(9-16(15)31-19)30-20(21,22)23/h2-5,8-9H,6-7,10,24H2,1H3,(H,25,28)(H,26,27,29). The maximum atomic E-state index is 12.8. The normalized spacial score (nSPS) is 11.4. The van der Waals surface area contributed by atoms with Crippen molar-refractivity contribution in [2.24, 2.45) is 5.73 Å². The highest BCUT2D eigenvalue weighted by atomic mass is 32.1. The van der Waals surface area contributed by atoms with Crippen molar-refractivity contribution in [1.82, 2.24) is 10.3 Å². The van der Waals surface area contributed by atoms with Gasteiger partial charge in [-0.3, -0.25) is 14.9 Å². The quantitative estimate of drug-likeness (QED) is 0.510. The number of benzene rings is 2. The summed E-state index contributed by atoms with van der Waals surface area (Å²) in [7, 11) is 0. The van der Waals surface area contributed by atoms with Crippen LogP contribution in [0.3, 0.4) is 0 Å². The van der Waals surface area contributed by atoms with E-state index in [9.17, 15) is 22.8 Å². The van der Waals surface area contributed by atoms with Crippen molar-refractivity contribution in [3.05, 3.63) is 53.1 Å². The number of nitrogens with one attached hydrogen (secondary N) is 2. The van der Waals surface area contributed by atoms with Crippen LogP contribution >= 0.6 is 11.3 Å². The number of alkyl halides is 3. The van der Waals surface area contributed by atoms with Crippen LogP contribution < -0.4 is 21.1 Å². The smallest absolute Gasteiger partial charge is 0.406 e. The lowest BCUT2D eigenvalue weighted by atomic mass is 10.0. The molecular formula is C20H19F3N4O3S. The van der Waals surface area contributed by atoms with Crippen LogP contribution in [-0.4, -0.2) is 36.3 Å². The molecule has 2 amide bonds. The van der Waals surface area contributed by atoms with E-state index in [1.54, 1.807) is 12.1 Å². The number of carbonyl (C=O) groups is 2. The van der Waals surface area contributed by atoms with Crippen LogP contribution in [0.1, 0.15) is 21.5 Å². The maximum Gasteiger partial charge on any atom is 0.573 e. The van der Waals surface area contributed by atoms with E-state index in [-0.39, 0.29) is 23.3 Å². The van der Waals surface area contributed by atoms with Gasteiger partial charge < -0.3 is 15.8 Å². The van der Waals surface area contributed by atoms with E-state index in [0.717, 1.165) is 28.5 Å². The molecule has 11 heteroatoms. The molecule has 0 spiro atoms. The number of anilines is 1. The summed E-state index contributed by atoms with van der Waals surface area (Å²) in [5.41, 5.74) is 7.80.